The molecule has 4 heteroatoms. The normalized spacial score (nSPS) is 24.6. The predicted molar refractivity (Wildman–Crippen MR) is 112 cm³/mol. The molecule has 144 valence electrons. The van der Waals surface area contributed by atoms with Crippen molar-refractivity contribution in [3.05, 3.63) is 48.6 Å². The Kier molecular flexibility index (Phi) is 6.89. The second kappa shape index (κ2) is 8.55. The summed E-state index contributed by atoms with van der Waals surface area (Å²) in [6.07, 6.45) is 8.24. The second-order valence-electron chi connectivity index (χ2n) is 8.55. The Hall–Kier alpha value is -1.36. The average Bonchev–Trinajstić information content (AvgIpc) is 2.58. The minimum atomic E-state index is -1.79. The Morgan fingerprint density at radius 2 is 1.73 bits per heavy atom. The van der Waals surface area contributed by atoms with E-state index in [1.807, 2.05) is 30.3 Å². The molecule has 0 aromatic heterocycles. The van der Waals surface area contributed by atoms with Crippen LogP contribution in [-0.2, 0) is 9.16 Å². The average molecular weight is 375 g/mol. The molecule has 0 aliphatic carbocycles. The van der Waals surface area contributed by atoms with Crippen molar-refractivity contribution in [1.82, 2.24) is 0 Å². The Morgan fingerprint density at radius 1 is 1.12 bits per heavy atom. The number of methoxy groups -OCH3 is 1. The van der Waals surface area contributed by atoms with Crippen LogP contribution in [0.5, 0.6) is 5.75 Å². The van der Waals surface area contributed by atoms with Gasteiger partial charge in [0, 0.05) is 12.8 Å². The Bertz CT molecular complexity index is 613. The summed E-state index contributed by atoms with van der Waals surface area (Å²) in [6, 6.07) is 8.04. The number of ether oxygens (including phenoxy) is 2. The van der Waals surface area contributed by atoms with E-state index >= 15 is 0 Å². The third kappa shape index (κ3) is 5.57. The SMILES string of the molecule is C=C[C@H]1C[C@@H](O[Si](C)(C)C(C)(C)C)C[C@@H](/C=C\c2ccc(OC)cc2)O1. The van der Waals surface area contributed by atoms with Gasteiger partial charge in [-0.05, 0) is 35.8 Å². The molecule has 1 heterocycles. The van der Waals surface area contributed by atoms with Gasteiger partial charge in [0.15, 0.2) is 8.32 Å². The number of hydrogen-bond donors (Lipinski definition) is 0. The van der Waals surface area contributed by atoms with Gasteiger partial charge in [-0.25, -0.2) is 0 Å². The number of benzene rings is 1. The standard InChI is InChI=1S/C22H34O3Si/c1-8-18-15-21(25-26(6,7)22(2,3)4)16-20(24-18)14-11-17-9-12-19(23-5)13-10-17/h8-14,18,20-21H,1,15-16H2,2-7H3/b14-11-/t18-,20+,21+/m0/s1. The van der Waals surface area contributed by atoms with Crippen molar-refractivity contribution in [1.29, 1.82) is 0 Å². The summed E-state index contributed by atoms with van der Waals surface area (Å²) in [5, 5.41) is 0.212. The molecule has 26 heavy (non-hydrogen) atoms. The van der Waals surface area contributed by atoms with Crippen molar-refractivity contribution in [2.45, 2.75) is 70.1 Å². The van der Waals surface area contributed by atoms with Crippen LogP contribution < -0.4 is 4.74 Å². The van der Waals surface area contributed by atoms with E-state index in [-0.39, 0.29) is 23.4 Å². The minimum Gasteiger partial charge on any atom is -0.497 e. The molecule has 0 saturated carbocycles. The molecule has 1 aliphatic rings. The predicted octanol–water partition coefficient (Wildman–Crippen LogP) is 5.83. The van der Waals surface area contributed by atoms with E-state index in [1.165, 1.54) is 0 Å². The van der Waals surface area contributed by atoms with Gasteiger partial charge in [0.25, 0.3) is 0 Å². The molecule has 0 amide bonds. The summed E-state index contributed by atoms with van der Waals surface area (Å²) in [4.78, 5) is 0. The lowest BCUT2D eigenvalue weighted by molar-refractivity contribution is -0.0501. The molecular weight excluding hydrogens is 340 g/mol. The summed E-state index contributed by atoms with van der Waals surface area (Å²) in [5.41, 5.74) is 1.14. The molecule has 1 aromatic carbocycles. The summed E-state index contributed by atoms with van der Waals surface area (Å²) in [6.45, 7) is 15.4. The molecular formula is C22H34O3Si. The maximum Gasteiger partial charge on any atom is 0.192 e. The van der Waals surface area contributed by atoms with Crippen LogP contribution in [0.4, 0.5) is 0 Å². The van der Waals surface area contributed by atoms with Crippen molar-refractivity contribution in [3.8, 4) is 5.75 Å². The zero-order valence-electron chi connectivity index (χ0n) is 17.1. The van der Waals surface area contributed by atoms with Gasteiger partial charge < -0.3 is 13.9 Å². The molecule has 0 bridgehead atoms. The first-order valence-electron chi connectivity index (χ1n) is 9.42. The summed E-state index contributed by atoms with van der Waals surface area (Å²) in [5.74, 6) is 0.866. The first-order valence-corrected chi connectivity index (χ1v) is 12.3. The molecule has 1 fully saturated rings. The highest BCUT2D eigenvalue weighted by molar-refractivity contribution is 6.74. The topological polar surface area (TPSA) is 27.7 Å². The molecule has 0 N–H and O–H groups in total. The van der Waals surface area contributed by atoms with Gasteiger partial charge >= 0.3 is 0 Å². The summed E-state index contributed by atoms with van der Waals surface area (Å²) < 4.78 is 18.0. The fourth-order valence-corrected chi connectivity index (χ4v) is 4.23. The molecule has 2 rings (SSSR count). The molecule has 3 atom stereocenters. The molecule has 3 nitrogen and oxygen atoms in total. The van der Waals surface area contributed by atoms with Crippen LogP contribution in [0, 0.1) is 0 Å². The van der Waals surface area contributed by atoms with E-state index in [0.29, 0.717) is 0 Å². The van der Waals surface area contributed by atoms with Crippen LogP contribution in [0.2, 0.25) is 18.1 Å². The fraction of sp³-hybridized carbons (Fsp3) is 0.545. The van der Waals surface area contributed by atoms with Crippen molar-refractivity contribution < 1.29 is 13.9 Å². The van der Waals surface area contributed by atoms with Gasteiger partial charge in [0.05, 0.1) is 25.4 Å². The van der Waals surface area contributed by atoms with Crippen molar-refractivity contribution >= 4 is 14.4 Å². The van der Waals surface area contributed by atoms with Gasteiger partial charge in [-0.1, -0.05) is 51.1 Å². The highest BCUT2D eigenvalue weighted by Crippen LogP contribution is 2.39. The highest BCUT2D eigenvalue weighted by atomic mass is 28.4. The third-order valence-corrected chi connectivity index (χ3v) is 10.0. The molecule has 0 spiro atoms. The van der Waals surface area contributed by atoms with E-state index in [9.17, 15) is 0 Å². The van der Waals surface area contributed by atoms with Gasteiger partial charge in [-0.3, -0.25) is 0 Å². The minimum absolute atomic E-state index is 0.0450. The molecule has 0 radical (unpaired) electrons. The number of hydrogen-bond acceptors (Lipinski definition) is 3. The van der Waals surface area contributed by atoms with Crippen molar-refractivity contribution in [3.63, 3.8) is 0 Å². The Balaban J connectivity index is 2.06. The first kappa shape index (κ1) is 20.9. The van der Waals surface area contributed by atoms with Gasteiger partial charge in [-0.15, -0.1) is 6.58 Å². The lowest BCUT2D eigenvalue weighted by Crippen LogP contribution is -2.47. The van der Waals surface area contributed by atoms with Crippen molar-refractivity contribution in [2.24, 2.45) is 0 Å². The van der Waals surface area contributed by atoms with Crippen LogP contribution in [0.3, 0.4) is 0 Å². The quantitative estimate of drug-likeness (QED) is 0.463. The van der Waals surface area contributed by atoms with Crippen LogP contribution in [0.15, 0.2) is 43.0 Å². The zero-order valence-corrected chi connectivity index (χ0v) is 18.1. The van der Waals surface area contributed by atoms with Gasteiger partial charge in [-0.2, -0.15) is 0 Å². The van der Waals surface area contributed by atoms with E-state index in [4.69, 9.17) is 13.9 Å². The Morgan fingerprint density at radius 3 is 2.27 bits per heavy atom. The maximum atomic E-state index is 6.65. The smallest absolute Gasteiger partial charge is 0.192 e. The largest absolute Gasteiger partial charge is 0.497 e. The van der Waals surface area contributed by atoms with Crippen LogP contribution in [0.25, 0.3) is 6.08 Å². The second-order valence-corrected chi connectivity index (χ2v) is 13.3. The van der Waals surface area contributed by atoms with E-state index in [2.05, 4.69) is 52.6 Å². The molecule has 1 aliphatic heterocycles. The highest BCUT2D eigenvalue weighted by Gasteiger charge is 2.41. The molecule has 0 unspecified atom stereocenters. The van der Waals surface area contributed by atoms with E-state index in [0.717, 1.165) is 24.2 Å². The third-order valence-electron chi connectivity index (χ3n) is 5.49. The van der Waals surface area contributed by atoms with Crippen molar-refractivity contribution in [2.75, 3.05) is 7.11 Å². The summed E-state index contributed by atoms with van der Waals surface area (Å²) in [7, 11) is -0.110. The van der Waals surface area contributed by atoms with Crippen LogP contribution >= 0.6 is 0 Å². The lowest BCUT2D eigenvalue weighted by atomic mass is 10.00. The summed E-state index contributed by atoms with van der Waals surface area (Å²) >= 11 is 0. The number of rotatable bonds is 6. The van der Waals surface area contributed by atoms with E-state index in [1.54, 1.807) is 7.11 Å². The monoisotopic (exact) mass is 374 g/mol. The Labute approximate surface area is 160 Å². The lowest BCUT2D eigenvalue weighted by Gasteiger charge is -2.42. The first-order chi connectivity index (χ1) is 12.1. The van der Waals surface area contributed by atoms with E-state index < -0.39 is 8.32 Å². The van der Waals surface area contributed by atoms with Gasteiger partial charge in [0.1, 0.15) is 5.75 Å². The zero-order chi connectivity index (χ0) is 19.4. The molecule has 1 saturated heterocycles. The van der Waals surface area contributed by atoms with Crippen LogP contribution in [-0.4, -0.2) is 33.7 Å². The fourth-order valence-electron chi connectivity index (χ4n) is 2.85. The maximum absolute atomic E-state index is 6.65. The van der Waals surface area contributed by atoms with Gasteiger partial charge in [0.2, 0.25) is 0 Å². The molecule has 1 aromatic rings. The van der Waals surface area contributed by atoms with Crippen LogP contribution in [0.1, 0.15) is 39.2 Å².